The van der Waals surface area contributed by atoms with Crippen molar-refractivity contribution in [2.45, 2.75) is 19.4 Å². The van der Waals surface area contributed by atoms with Crippen molar-refractivity contribution < 1.29 is 17.4 Å². The predicted octanol–water partition coefficient (Wildman–Crippen LogP) is 4.72. The summed E-state index contributed by atoms with van der Waals surface area (Å²) < 4.78 is 38.8. The van der Waals surface area contributed by atoms with Crippen LogP contribution in [0.4, 0.5) is 11.7 Å². The van der Waals surface area contributed by atoms with Gasteiger partial charge in [-0.1, -0.05) is 42.5 Å². The molecule has 0 saturated heterocycles. The second-order valence-electron chi connectivity index (χ2n) is 6.86. The maximum Gasteiger partial charge on any atom is 0.357 e. The van der Waals surface area contributed by atoms with Crippen LogP contribution in [-0.2, 0) is 16.7 Å². The largest absolute Gasteiger partial charge is 0.424 e. The standard InChI is InChI=1S/C21H20N4O4S2/c1-14-23-19(13-30-14)18(11-15-7-9-17(10-8-15)25-31(26,27)28)24-21-22-12-20(29-21)16-5-3-2-4-6-16/h2-10,12-13,18,25H,11H2,1H3,(H,22,24)(H,26,27,28)/t18-/m0/s1. The summed E-state index contributed by atoms with van der Waals surface area (Å²) >= 11 is 1.56. The van der Waals surface area contributed by atoms with E-state index in [0.29, 0.717) is 18.2 Å². The summed E-state index contributed by atoms with van der Waals surface area (Å²) in [6.07, 6.45) is 2.25. The Morgan fingerprint density at radius 1 is 1.13 bits per heavy atom. The van der Waals surface area contributed by atoms with Crippen molar-refractivity contribution in [3.63, 3.8) is 0 Å². The molecule has 0 saturated carbocycles. The fourth-order valence-electron chi connectivity index (χ4n) is 3.09. The number of hydrogen-bond donors (Lipinski definition) is 3. The van der Waals surface area contributed by atoms with Crippen molar-refractivity contribution in [1.82, 2.24) is 9.97 Å². The molecule has 3 N–H and O–H groups in total. The lowest BCUT2D eigenvalue weighted by atomic mass is 10.0. The smallest absolute Gasteiger partial charge is 0.357 e. The van der Waals surface area contributed by atoms with Crippen LogP contribution >= 0.6 is 11.3 Å². The van der Waals surface area contributed by atoms with Crippen molar-refractivity contribution in [1.29, 1.82) is 0 Å². The first-order valence-corrected chi connectivity index (χ1v) is 11.7. The molecule has 8 nitrogen and oxygen atoms in total. The molecule has 4 rings (SSSR count). The SMILES string of the molecule is Cc1nc([C@H](Cc2ccc(NS(=O)(=O)O)cc2)Nc2ncc(-c3ccccc3)o2)cs1. The molecule has 0 spiro atoms. The molecule has 0 aliphatic rings. The molecule has 0 aliphatic carbocycles. The van der Waals surface area contributed by atoms with Crippen LogP contribution in [-0.4, -0.2) is 22.9 Å². The van der Waals surface area contributed by atoms with E-state index in [4.69, 9.17) is 8.97 Å². The number of anilines is 2. The van der Waals surface area contributed by atoms with E-state index in [9.17, 15) is 8.42 Å². The maximum atomic E-state index is 11.0. The zero-order valence-corrected chi connectivity index (χ0v) is 18.2. The van der Waals surface area contributed by atoms with E-state index in [-0.39, 0.29) is 11.7 Å². The minimum absolute atomic E-state index is 0.201. The number of aryl methyl sites for hydroxylation is 1. The molecule has 1 atom stereocenters. The van der Waals surface area contributed by atoms with Gasteiger partial charge in [0.25, 0.3) is 6.01 Å². The van der Waals surface area contributed by atoms with Gasteiger partial charge in [0.05, 0.1) is 28.6 Å². The third-order valence-corrected chi connectivity index (χ3v) is 5.78. The predicted molar refractivity (Wildman–Crippen MR) is 120 cm³/mol. The Balaban J connectivity index is 1.54. The number of rotatable bonds is 8. The normalized spacial score (nSPS) is 12.5. The highest BCUT2D eigenvalue weighted by Gasteiger charge is 2.18. The number of oxazole rings is 1. The molecule has 0 radical (unpaired) electrons. The summed E-state index contributed by atoms with van der Waals surface area (Å²) in [5.41, 5.74) is 3.02. The van der Waals surface area contributed by atoms with E-state index in [1.807, 2.05) is 47.4 Å². The molecule has 0 unspecified atom stereocenters. The van der Waals surface area contributed by atoms with Gasteiger partial charge >= 0.3 is 10.3 Å². The molecule has 0 bridgehead atoms. The molecule has 2 heterocycles. The van der Waals surface area contributed by atoms with E-state index in [2.05, 4.69) is 15.3 Å². The van der Waals surface area contributed by atoms with Gasteiger partial charge in [-0.25, -0.2) is 9.97 Å². The summed E-state index contributed by atoms with van der Waals surface area (Å²) in [5.74, 6) is 0.664. The number of hydrogen-bond acceptors (Lipinski definition) is 7. The van der Waals surface area contributed by atoms with E-state index < -0.39 is 10.3 Å². The van der Waals surface area contributed by atoms with Crippen LogP contribution in [0, 0.1) is 6.92 Å². The Hall–Kier alpha value is -3.21. The van der Waals surface area contributed by atoms with E-state index in [1.54, 1.807) is 41.8 Å². The lowest BCUT2D eigenvalue weighted by molar-refractivity contribution is 0.489. The molecule has 2 aromatic heterocycles. The van der Waals surface area contributed by atoms with Crippen molar-refractivity contribution in [3.8, 4) is 11.3 Å². The lowest BCUT2D eigenvalue weighted by Gasteiger charge is -2.16. The zero-order valence-electron chi connectivity index (χ0n) is 16.5. The highest BCUT2D eigenvalue weighted by atomic mass is 32.2. The molecule has 31 heavy (non-hydrogen) atoms. The number of nitrogens with one attached hydrogen (secondary N) is 2. The van der Waals surface area contributed by atoms with Crippen molar-refractivity contribution >= 4 is 33.3 Å². The fraction of sp³-hybridized carbons (Fsp3) is 0.143. The summed E-state index contributed by atoms with van der Waals surface area (Å²) in [4.78, 5) is 8.95. The topological polar surface area (TPSA) is 117 Å². The van der Waals surface area contributed by atoms with E-state index in [1.165, 1.54) is 0 Å². The van der Waals surface area contributed by atoms with Crippen molar-refractivity contribution in [3.05, 3.63) is 82.4 Å². The van der Waals surface area contributed by atoms with Gasteiger partial charge in [-0.3, -0.25) is 9.27 Å². The number of benzene rings is 2. The van der Waals surface area contributed by atoms with Crippen LogP contribution in [0.2, 0.25) is 0 Å². The Morgan fingerprint density at radius 3 is 2.52 bits per heavy atom. The van der Waals surface area contributed by atoms with Crippen LogP contribution in [0.3, 0.4) is 0 Å². The molecule has 10 heteroatoms. The molecule has 0 fully saturated rings. The molecule has 160 valence electrons. The minimum atomic E-state index is -4.31. The second kappa shape index (κ2) is 8.88. The van der Waals surface area contributed by atoms with Gasteiger partial charge < -0.3 is 9.73 Å². The number of aromatic nitrogens is 2. The van der Waals surface area contributed by atoms with Gasteiger partial charge in [0.2, 0.25) is 0 Å². The molecule has 0 amide bonds. The quantitative estimate of drug-likeness (QED) is 0.328. The minimum Gasteiger partial charge on any atom is -0.424 e. The van der Waals surface area contributed by atoms with Crippen LogP contribution in [0.25, 0.3) is 11.3 Å². The highest BCUT2D eigenvalue weighted by molar-refractivity contribution is 7.87. The Bertz CT molecular complexity index is 1250. The van der Waals surface area contributed by atoms with Gasteiger partial charge in [-0.15, -0.1) is 11.3 Å². The highest BCUT2D eigenvalue weighted by Crippen LogP contribution is 2.28. The third kappa shape index (κ3) is 5.69. The van der Waals surface area contributed by atoms with Gasteiger partial charge in [-0.2, -0.15) is 8.42 Å². The summed E-state index contributed by atoms with van der Waals surface area (Å²) in [7, 11) is -4.31. The van der Waals surface area contributed by atoms with Gasteiger partial charge in [0.15, 0.2) is 5.76 Å². The lowest BCUT2D eigenvalue weighted by Crippen LogP contribution is -2.15. The third-order valence-electron chi connectivity index (χ3n) is 4.50. The summed E-state index contributed by atoms with van der Waals surface area (Å²) in [5, 5.41) is 6.25. The molecular weight excluding hydrogens is 436 g/mol. The zero-order chi connectivity index (χ0) is 21.8. The fourth-order valence-corrected chi connectivity index (χ4v) is 4.19. The second-order valence-corrected chi connectivity index (χ2v) is 9.08. The molecular formula is C21H20N4O4S2. The van der Waals surface area contributed by atoms with E-state index in [0.717, 1.165) is 21.8 Å². The Morgan fingerprint density at radius 2 is 1.87 bits per heavy atom. The summed E-state index contributed by atoms with van der Waals surface area (Å²) in [6, 6.07) is 16.7. The van der Waals surface area contributed by atoms with E-state index >= 15 is 0 Å². The van der Waals surface area contributed by atoms with Gasteiger partial charge in [-0.05, 0) is 31.0 Å². The van der Waals surface area contributed by atoms with Gasteiger partial charge in [0.1, 0.15) is 0 Å². The van der Waals surface area contributed by atoms with Crippen LogP contribution < -0.4 is 10.0 Å². The average Bonchev–Trinajstić information content (AvgIpc) is 3.38. The molecule has 2 aromatic carbocycles. The first kappa shape index (κ1) is 21.0. The molecule has 4 aromatic rings. The van der Waals surface area contributed by atoms with Crippen LogP contribution in [0.5, 0.6) is 0 Å². The molecule has 0 aliphatic heterocycles. The Kier molecular flexibility index (Phi) is 6.03. The number of thiazole rings is 1. The van der Waals surface area contributed by atoms with Crippen LogP contribution in [0.1, 0.15) is 22.3 Å². The first-order valence-electron chi connectivity index (χ1n) is 9.40. The Labute approximate surface area is 183 Å². The first-order chi connectivity index (χ1) is 14.9. The number of nitrogens with zero attached hydrogens (tertiary/aromatic N) is 2. The van der Waals surface area contributed by atoms with Crippen LogP contribution in [0.15, 0.2) is 70.6 Å². The van der Waals surface area contributed by atoms with Crippen molar-refractivity contribution in [2.24, 2.45) is 0 Å². The maximum absolute atomic E-state index is 11.0. The monoisotopic (exact) mass is 456 g/mol. The average molecular weight is 457 g/mol. The van der Waals surface area contributed by atoms with Gasteiger partial charge in [0, 0.05) is 10.9 Å². The van der Waals surface area contributed by atoms with Crippen molar-refractivity contribution in [2.75, 3.05) is 10.0 Å². The summed E-state index contributed by atoms with van der Waals surface area (Å²) in [6.45, 7) is 1.94.